The Morgan fingerprint density at radius 1 is 1.38 bits per heavy atom. The highest BCUT2D eigenvalue weighted by atomic mass is 19.3. The molecular formula is C9H14F4N2O. The van der Waals surface area contributed by atoms with Crippen LogP contribution in [0, 0.1) is 0 Å². The lowest BCUT2D eigenvalue weighted by atomic mass is 10.3. The van der Waals surface area contributed by atoms with E-state index < -0.39 is 24.8 Å². The topological polar surface area (TPSA) is 41.1 Å². The second-order valence-corrected chi connectivity index (χ2v) is 3.82. The van der Waals surface area contributed by atoms with Crippen molar-refractivity contribution in [1.82, 2.24) is 10.6 Å². The smallest absolute Gasteiger partial charge is 0.324 e. The van der Waals surface area contributed by atoms with Crippen LogP contribution in [0.1, 0.15) is 19.3 Å². The third kappa shape index (κ3) is 4.78. The molecule has 1 rings (SSSR count). The molecule has 0 bridgehead atoms. The molecule has 94 valence electrons. The van der Waals surface area contributed by atoms with Gasteiger partial charge in [-0.3, -0.25) is 4.79 Å². The van der Waals surface area contributed by atoms with Gasteiger partial charge in [-0.2, -0.15) is 8.78 Å². The lowest BCUT2D eigenvalue weighted by molar-refractivity contribution is -0.136. The largest absolute Gasteiger partial charge is 0.350 e. The summed E-state index contributed by atoms with van der Waals surface area (Å²) in [6, 6.07) is 0.426. The van der Waals surface area contributed by atoms with Gasteiger partial charge in [0.25, 0.3) is 0 Å². The van der Waals surface area contributed by atoms with E-state index in [0.717, 1.165) is 12.8 Å². The Kier molecular flexibility index (Phi) is 4.52. The number of alkyl halides is 4. The van der Waals surface area contributed by atoms with Crippen LogP contribution in [0.2, 0.25) is 0 Å². The lowest BCUT2D eigenvalue weighted by Gasteiger charge is -2.15. The quantitative estimate of drug-likeness (QED) is 0.657. The zero-order chi connectivity index (χ0) is 12.2. The molecule has 16 heavy (non-hydrogen) atoms. The zero-order valence-electron chi connectivity index (χ0n) is 8.61. The van der Waals surface area contributed by atoms with Gasteiger partial charge in [0.2, 0.25) is 5.91 Å². The number of carbonyl (C=O) groups excluding carboxylic acids is 1. The average Bonchev–Trinajstić information content (AvgIpc) is 2.98. The highest BCUT2D eigenvalue weighted by molar-refractivity contribution is 5.76. The summed E-state index contributed by atoms with van der Waals surface area (Å²) in [7, 11) is 0. The third-order valence-corrected chi connectivity index (χ3v) is 2.20. The summed E-state index contributed by atoms with van der Waals surface area (Å²) in [4.78, 5) is 11.0. The Bertz CT molecular complexity index is 244. The molecule has 1 saturated carbocycles. The van der Waals surface area contributed by atoms with E-state index in [2.05, 4.69) is 5.32 Å². The maximum Gasteiger partial charge on any atom is 0.324 e. The maximum absolute atomic E-state index is 12.4. The first-order chi connectivity index (χ1) is 7.42. The normalized spacial score (nSPS) is 16.6. The molecule has 3 nitrogen and oxygen atoms in total. The molecule has 0 spiro atoms. The van der Waals surface area contributed by atoms with Gasteiger partial charge >= 0.3 is 12.3 Å². The van der Waals surface area contributed by atoms with Crippen LogP contribution in [-0.4, -0.2) is 37.4 Å². The Balaban J connectivity index is 2.08. The van der Waals surface area contributed by atoms with Crippen molar-refractivity contribution in [2.75, 3.05) is 13.1 Å². The van der Waals surface area contributed by atoms with E-state index in [0.29, 0.717) is 12.6 Å². The summed E-state index contributed by atoms with van der Waals surface area (Å²) in [5, 5.41) is 4.80. The molecule has 1 amide bonds. The van der Waals surface area contributed by atoms with Crippen molar-refractivity contribution >= 4 is 5.91 Å². The van der Waals surface area contributed by atoms with Gasteiger partial charge in [0.15, 0.2) is 0 Å². The van der Waals surface area contributed by atoms with E-state index in [9.17, 15) is 22.4 Å². The van der Waals surface area contributed by atoms with Crippen molar-refractivity contribution in [3.05, 3.63) is 0 Å². The number of halogens is 4. The van der Waals surface area contributed by atoms with Gasteiger partial charge < -0.3 is 10.6 Å². The number of hydrogen-bond donors (Lipinski definition) is 2. The van der Waals surface area contributed by atoms with E-state index in [-0.39, 0.29) is 6.42 Å². The summed E-state index contributed by atoms with van der Waals surface area (Å²) in [6.07, 6.45) is -1.61. The van der Waals surface area contributed by atoms with Gasteiger partial charge in [-0.05, 0) is 12.8 Å². The molecule has 0 saturated heterocycles. The van der Waals surface area contributed by atoms with Gasteiger partial charge in [-0.1, -0.05) is 0 Å². The van der Waals surface area contributed by atoms with Crippen LogP contribution >= 0.6 is 0 Å². The van der Waals surface area contributed by atoms with Gasteiger partial charge in [0.1, 0.15) is 0 Å². The molecular weight excluding hydrogens is 228 g/mol. The van der Waals surface area contributed by atoms with Crippen LogP contribution in [0.5, 0.6) is 0 Å². The number of rotatable bonds is 7. The summed E-state index contributed by atoms with van der Waals surface area (Å²) < 4.78 is 48.2. The molecule has 0 aliphatic heterocycles. The Morgan fingerprint density at radius 2 is 2.00 bits per heavy atom. The average molecular weight is 242 g/mol. The molecule has 1 aliphatic carbocycles. The number of nitrogens with one attached hydrogen (secondary N) is 2. The van der Waals surface area contributed by atoms with Gasteiger partial charge in [-0.15, -0.1) is 0 Å². The molecule has 0 aromatic rings. The van der Waals surface area contributed by atoms with E-state index in [1.54, 1.807) is 5.32 Å². The zero-order valence-corrected chi connectivity index (χ0v) is 8.61. The van der Waals surface area contributed by atoms with E-state index in [4.69, 9.17) is 0 Å². The first-order valence-corrected chi connectivity index (χ1v) is 5.08. The SMILES string of the molecule is O=C(CCNC1CC1)NCC(F)(F)C(F)F. The maximum atomic E-state index is 12.4. The minimum Gasteiger partial charge on any atom is -0.350 e. The fraction of sp³-hybridized carbons (Fsp3) is 0.889. The van der Waals surface area contributed by atoms with Crippen LogP contribution in [0.15, 0.2) is 0 Å². The second kappa shape index (κ2) is 5.47. The molecule has 1 aliphatic rings. The molecule has 0 unspecified atom stereocenters. The van der Waals surface area contributed by atoms with Gasteiger partial charge in [0, 0.05) is 19.0 Å². The molecule has 0 aromatic heterocycles. The van der Waals surface area contributed by atoms with E-state index in [1.165, 1.54) is 0 Å². The molecule has 7 heteroatoms. The van der Waals surface area contributed by atoms with Crippen molar-refractivity contribution in [1.29, 1.82) is 0 Å². The fourth-order valence-corrected chi connectivity index (χ4v) is 1.06. The third-order valence-electron chi connectivity index (χ3n) is 2.20. The van der Waals surface area contributed by atoms with Crippen molar-refractivity contribution < 1.29 is 22.4 Å². The number of carbonyl (C=O) groups is 1. The van der Waals surface area contributed by atoms with Crippen LogP contribution in [0.25, 0.3) is 0 Å². The minimum absolute atomic E-state index is 0.0236. The molecule has 2 N–H and O–H groups in total. The van der Waals surface area contributed by atoms with Crippen molar-refractivity contribution in [3.63, 3.8) is 0 Å². The van der Waals surface area contributed by atoms with Crippen LogP contribution in [-0.2, 0) is 4.79 Å². The van der Waals surface area contributed by atoms with Crippen LogP contribution in [0.3, 0.4) is 0 Å². The molecule has 0 radical (unpaired) electrons. The van der Waals surface area contributed by atoms with Gasteiger partial charge in [0.05, 0.1) is 6.54 Å². The van der Waals surface area contributed by atoms with Crippen molar-refractivity contribution in [2.24, 2.45) is 0 Å². The Morgan fingerprint density at radius 3 is 2.50 bits per heavy atom. The predicted molar refractivity (Wildman–Crippen MR) is 49.6 cm³/mol. The summed E-state index contributed by atoms with van der Waals surface area (Å²) in [5.41, 5.74) is 0. The predicted octanol–water partition coefficient (Wildman–Crippen LogP) is 1.15. The summed E-state index contributed by atoms with van der Waals surface area (Å²) in [5.74, 6) is -4.80. The Labute approximate surface area is 90.6 Å². The second-order valence-electron chi connectivity index (χ2n) is 3.82. The van der Waals surface area contributed by atoms with Gasteiger partial charge in [-0.25, -0.2) is 8.78 Å². The summed E-state index contributed by atoms with van der Waals surface area (Å²) in [6.45, 7) is -0.927. The Hall–Kier alpha value is -0.850. The first-order valence-electron chi connectivity index (χ1n) is 5.08. The highest BCUT2D eigenvalue weighted by Crippen LogP contribution is 2.21. The van der Waals surface area contributed by atoms with E-state index in [1.807, 2.05) is 0 Å². The number of hydrogen-bond acceptors (Lipinski definition) is 2. The summed E-state index contributed by atoms with van der Waals surface area (Å²) >= 11 is 0. The fourth-order valence-electron chi connectivity index (χ4n) is 1.06. The van der Waals surface area contributed by atoms with Crippen LogP contribution < -0.4 is 10.6 Å². The van der Waals surface area contributed by atoms with Crippen molar-refractivity contribution in [2.45, 2.75) is 37.7 Å². The number of amides is 1. The minimum atomic E-state index is -4.15. The molecule has 0 heterocycles. The molecule has 1 fully saturated rings. The molecule has 0 aromatic carbocycles. The highest BCUT2D eigenvalue weighted by Gasteiger charge is 2.40. The lowest BCUT2D eigenvalue weighted by Crippen LogP contribution is -2.42. The van der Waals surface area contributed by atoms with Crippen LogP contribution in [0.4, 0.5) is 17.6 Å². The molecule has 0 atom stereocenters. The van der Waals surface area contributed by atoms with Crippen molar-refractivity contribution in [3.8, 4) is 0 Å². The monoisotopic (exact) mass is 242 g/mol. The standard InChI is InChI=1S/C9H14F4N2O/c10-8(11)9(12,13)5-15-7(16)3-4-14-6-1-2-6/h6,8,14H,1-5H2,(H,15,16). The first kappa shape index (κ1) is 13.2. The van der Waals surface area contributed by atoms with E-state index >= 15 is 0 Å².